The smallest absolute Gasteiger partial charge is 0.275 e. The molecule has 0 saturated carbocycles. The van der Waals surface area contributed by atoms with Crippen LogP contribution in [0.4, 0.5) is 0 Å². The number of ether oxygens (including phenoxy) is 1. The van der Waals surface area contributed by atoms with Gasteiger partial charge in [0.05, 0.1) is 24.4 Å². The highest BCUT2D eigenvalue weighted by Gasteiger charge is 2.29. The first kappa shape index (κ1) is 14.8. The van der Waals surface area contributed by atoms with Crippen LogP contribution in [0.25, 0.3) is 10.9 Å². The van der Waals surface area contributed by atoms with E-state index in [4.69, 9.17) is 4.74 Å². The normalized spacial score (nSPS) is 18.0. The zero-order valence-corrected chi connectivity index (χ0v) is 13.3. The lowest BCUT2D eigenvalue weighted by atomic mass is 10.1. The molecule has 1 aromatic carbocycles. The van der Waals surface area contributed by atoms with Crippen molar-refractivity contribution in [2.24, 2.45) is 0 Å². The Hall–Kier alpha value is -2.80. The van der Waals surface area contributed by atoms with E-state index in [-0.39, 0.29) is 12.0 Å². The van der Waals surface area contributed by atoms with E-state index in [1.54, 1.807) is 11.1 Å². The highest BCUT2D eigenvalue weighted by Crippen LogP contribution is 2.23. The van der Waals surface area contributed by atoms with Gasteiger partial charge in [-0.1, -0.05) is 18.2 Å². The van der Waals surface area contributed by atoms with E-state index < -0.39 is 0 Å². The van der Waals surface area contributed by atoms with Gasteiger partial charge in [-0.15, -0.1) is 0 Å². The molecule has 0 radical (unpaired) electrons. The minimum atomic E-state index is -0.241. The summed E-state index contributed by atoms with van der Waals surface area (Å²) < 4.78 is 5.79. The molecular formula is C17H17N5O2. The fourth-order valence-electron chi connectivity index (χ4n) is 2.94. The Morgan fingerprint density at radius 1 is 1.33 bits per heavy atom. The first-order chi connectivity index (χ1) is 11.7. The second-order valence-corrected chi connectivity index (χ2v) is 5.76. The van der Waals surface area contributed by atoms with Gasteiger partial charge in [-0.25, -0.2) is 9.97 Å². The summed E-state index contributed by atoms with van der Waals surface area (Å²) >= 11 is 0. The number of morpholine rings is 1. The lowest BCUT2D eigenvalue weighted by molar-refractivity contribution is -0.0249. The van der Waals surface area contributed by atoms with Crippen LogP contribution in [-0.4, -0.2) is 50.7 Å². The Kier molecular flexibility index (Phi) is 3.70. The Morgan fingerprint density at radius 3 is 3.08 bits per heavy atom. The number of aryl methyl sites for hydroxylation is 1. The van der Waals surface area contributed by atoms with Crippen molar-refractivity contribution in [3.63, 3.8) is 0 Å². The molecule has 1 atom stereocenters. The van der Waals surface area contributed by atoms with Crippen LogP contribution in [0.2, 0.25) is 0 Å². The number of nitrogens with one attached hydrogen (secondary N) is 1. The van der Waals surface area contributed by atoms with Gasteiger partial charge >= 0.3 is 0 Å². The lowest BCUT2D eigenvalue weighted by Gasteiger charge is -2.32. The van der Waals surface area contributed by atoms with Gasteiger partial charge in [0.2, 0.25) is 0 Å². The largest absolute Gasteiger partial charge is 0.368 e. The number of para-hydroxylation sites is 1. The van der Waals surface area contributed by atoms with Gasteiger partial charge in [-0.3, -0.25) is 9.89 Å². The first-order valence-electron chi connectivity index (χ1n) is 7.86. The summed E-state index contributed by atoms with van der Waals surface area (Å²) in [7, 11) is 0. The molecule has 1 aliphatic heterocycles. The average molecular weight is 323 g/mol. The Bertz CT molecular complexity index is 891. The highest BCUT2D eigenvalue weighted by atomic mass is 16.5. The monoisotopic (exact) mass is 323 g/mol. The van der Waals surface area contributed by atoms with Crippen LogP contribution in [0, 0.1) is 6.92 Å². The zero-order valence-electron chi connectivity index (χ0n) is 13.3. The number of nitrogens with zero attached hydrogens (tertiary/aromatic N) is 4. The van der Waals surface area contributed by atoms with Gasteiger partial charge in [0.25, 0.3) is 5.91 Å². The summed E-state index contributed by atoms with van der Waals surface area (Å²) in [5.41, 5.74) is 2.11. The van der Waals surface area contributed by atoms with E-state index in [1.165, 1.54) is 0 Å². The average Bonchev–Trinajstić information content (AvgIpc) is 3.05. The third-order valence-corrected chi connectivity index (χ3v) is 4.15. The number of H-pyrrole nitrogens is 1. The molecule has 1 aliphatic rings. The lowest BCUT2D eigenvalue weighted by Crippen LogP contribution is -2.42. The maximum absolute atomic E-state index is 12.9. The van der Waals surface area contributed by atoms with Crippen molar-refractivity contribution in [2.75, 3.05) is 19.7 Å². The van der Waals surface area contributed by atoms with Crippen LogP contribution in [0.5, 0.6) is 0 Å². The van der Waals surface area contributed by atoms with Gasteiger partial charge in [0.1, 0.15) is 11.9 Å². The van der Waals surface area contributed by atoms with Crippen molar-refractivity contribution < 1.29 is 9.53 Å². The van der Waals surface area contributed by atoms with Crippen LogP contribution in [0.15, 0.2) is 36.5 Å². The Balaban J connectivity index is 1.58. The second-order valence-electron chi connectivity index (χ2n) is 5.76. The van der Waals surface area contributed by atoms with E-state index in [0.29, 0.717) is 31.2 Å². The standard InChI is InChI=1S/C17H17N5O2/c1-11-18-7-6-14(19-11)15-10-22(8-9-24-15)17(23)16-12-4-2-3-5-13(12)20-21-16/h2-7,15H,8-10H2,1H3,(H,20,21)/t15-/m1/s1. The van der Waals surface area contributed by atoms with Gasteiger partial charge in [0.15, 0.2) is 5.69 Å². The first-order valence-corrected chi connectivity index (χ1v) is 7.86. The number of hydrogen-bond donors (Lipinski definition) is 1. The van der Waals surface area contributed by atoms with Crippen LogP contribution in [-0.2, 0) is 4.74 Å². The van der Waals surface area contributed by atoms with E-state index in [2.05, 4.69) is 20.2 Å². The maximum Gasteiger partial charge on any atom is 0.275 e. The number of carbonyl (C=O) groups is 1. The topological polar surface area (TPSA) is 84.0 Å². The SMILES string of the molecule is Cc1nccc([C@H]2CN(C(=O)c3n[nH]c4ccccc34)CCO2)n1. The maximum atomic E-state index is 12.9. The summed E-state index contributed by atoms with van der Waals surface area (Å²) in [5.74, 6) is 0.601. The summed E-state index contributed by atoms with van der Waals surface area (Å²) in [6.45, 7) is 3.31. The number of carbonyl (C=O) groups excluding carboxylic acids is 1. The molecule has 0 aliphatic carbocycles. The summed E-state index contributed by atoms with van der Waals surface area (Å²) in [5, 5.41) is 7.95. The summed E-state index contributed by atoms with van der Waals surface area (Å²) in [6, 6.07) is 9.45. The molecule has 7 nitrogen and oxygen atoms in total. The fourth-order valence-corrected chi connectivity index (χ4v) is 2.94. The number of amides is 1. The number of hydrogen-bond acceptors (Lipinski definition) is 5. The third kappa shape index (κ3) is 2.63. The van der Waals surface area contributed by atoms with E-state index in [0.717, 1.165) is 16.6 Å². The minimum absolute atomic E-state index is 0.0912. The van der Waals surface area contributed by atoms with Crippen LogP contribution >= 0.6 is 0 Å². The van der Waals surface area contributed by atoms with Gasteiger partial charge in [-0.2, -0.15) is 5.10 Å². The Labute approximate surface area is 138 Å². The van der Waals surface area contributed by atoms with Crippen molar-refractivity contribution in [2.45, 2.75) is 13.0 Å². The molecule has 1 N–H and O–H groups in total. The quantitative estimate of drug-likeness (QED) is 0.778. The molecule has 3 aromatic rings. The predicted molar refractivity (Wildman–Crippen MR) is 87.5 cm³/mol. The van der Waals surface area contributed by atoms with Gasteiger partial charge in [0, 0.05) is 18.1 Å². The van der Waals surface area contributed by atoms with Crippen molar-refractivity contribution in [3.8, 4) is 0 Å². The fraction of sp³-hybridized carbons (Fsp3) is 0.294. The molecule has 1 fully saturated rings. The minimum Gasteiger partial charge on any atom is -0.368 e. The van der Waals surface area contributed by atoms with Gasteiger partial charge in [-0.05, 0) is 19.1 Å². The molecule has 7 heteroatoms. The molecule has 0 spiro atoms. The Morgan fingerprint density at radius 2 is 2.21 bits per heavy atom. The number of benzene rings is 1. The van der Waals surface area contributed by atoms with Crippen molar-refractivity contribution in [1.82, 2.24) is 25.1 Å². The molecule has 1 saturated heterocycles. The zero-order chi connectivity index (χ0) is 16.5. The molecule has 3 heterocycles. The molecule has 24 heavy (non-hydrogen) atoms. The van der Waals surface area contributed by atoms with Crippen LogP contribution < -0.4 is 0 Å². The highest BCUT2D eigenvalue weighted by molar-refractivity contribution is 6.04. The van der Waals surface area contributed by atoms with Crippen molar-refractivity contribution in [1.29, 1.82) is 0 Å². The number of aromatic nitrogens is 4. The third-order valence-electron chi connectivity index (χ3n) is 4.15. The predicted octanol–water partition coefficient (Wildman–Crippen LogP) is 1.88. The van der Waals surface area contributed by atoms with Crippen LogP contribution in [0.3, 0.4) is 0 Å². The molecule has 1 amide bonds. The molecule has 4 rings (SSSR count). The number of fused-ring (bicyclic) bond motifs is 1. The molecule has 0 unspecified atom stereocenters. The second kappa shape index (κ2) is 6.01. The van der Waals surface area contributed by atoms with Crippen LogP contribution in [0.1, 0.15) is 28.1 Å². The number of rotatable bonds is 2. The summed E-state index contributed by atoms with van der Waals surface area (Å²) in [4.78, 5) is 23.2. The molecular weight excluding hydrogens is 306 g/mol. The molecule has 2 aromatic heterocycles. The number of aromatic amines is 1. The molecule has 0 bridgehead atoms. The van der Waals surface area contributed by atoms with Crippen molar-refractivity contribution >= 4 is 16.8 Å². The van der Waals surface area contributed by atoms with E-state index >= 15 is 0 Å². The van der Waals surface area contributed by atoms with E-state index in [1.807, 2.05) is 37.3 Å². The van der Waals surface area contributed by atoms with Gasteiger partial charge < -0.3 is 9.64 Å². The summed E-state index contributed by atoms with van der Waals surface area (Å²) in [6.07, 6.45) is 1.47. The van der Waals surface area contributed by atoms with Crippen molar-refractivity contribution in [3.05, 3.63) is 53.7 Å². The molecule has 122 valence electrons. The van der Waals surface area contributed by atoms with E-state index in [9.17, 15) is 4.79 Å².